The Bertz CT molecular complexity index is 1480. The van der Waals surface area contributed by atoms with Gasteiger partial charge in [-0.3, -0.25) is 0 Å². The van der Waals surface area contributed by atoms with Crippen LogP contribution in [0.15, 0.2) is 42.7 Å². The molecule has 0 aliphatic carbocycles. The average Bonchev–Trinajstić information content (AvgIpc) is 3.41. The van der Waals surface area contributed by atoms with Gasteiger partial charge in [0, 0.05) is 61.5 Å². The number of nitrogens with zero attached hydrogens (tertiary/aromatic N) is 5. The molecule has 0 spiro atoms. The Balaban J connectivity index is 1.33. The lowest BCUT2D eigenvalue weighted by Gasteiger charge is -2.34. The predicted molar refractivity (Wildman–Crippen MR) is 146 cm³/mol. The Morgan fingerprint density at radius 1 is 1.00 bits per heavy atom. The molecule has 2 aliphatic rings. The number of hydrogen-bond acceptors (Lipinski definition) is 6. The normalized spacial score (nSPS) is 16.3. The summed E-state index contributed by atoms with van der Waals surface area (Å²) in [5.74, 6) is -0.427. The first-order valence-corrected chi connectivity index (χ1v) is 13.2. The number of H-pyrrole nitrogens is 1. The molecule has 7 nitrogen and oxygen atoms in total. The van der Waals surface area contributed by atoms with Crippen molar-refractivity contribution in [2.45, 2.75) is 26.3 Å². The molecule has 0 bridgehead atoms. The molecule has 0 amide bonds. The van der Waals surface area contributed by atoms with E-state index in [-0.39, 0.29) is 17.5 Å². The molecule has 38 heavy (non-hydrogen) atoms. The fraction of sp³-hybridized carbons (Fsp3) is 0.379. The van der Waals surface area contributed by atoms with Crippen LogP contribution in [0.1, 0.15) is 25.2 Å². The van der Waals surface area contributed by atoms with Crippen LogP contribution in [0.25, 0.3) is 22.2 Å². The molecule has 0 saturated carbocycles. The molecule has 0 radical (unpaired) electrons. The van der Waals surface area contributed by atoms with E-state index in [1.54, 1.807) is 6.07 Å². The first-order chi connectivity index (χ1) is 18.4. The van der Waals surface area contributed by atoms with E-state index in [0.717, 1.165) is 42.6 Å². The SMILES string of the molecule is CC(C)N1CCOc2c(F)cc(-c3nc(Cc4ccc(N5CCN(C)CC5)c5cc[nH]c45)ncc3F)cc21. The number of nitrogens with one attached hydrogen (secondary N) is 1. The van der Waals surface area contributed by atoms with Gasteiger partial charge in [-0.25, -0.2) is 18.7 Å². The van der Waals surface area contributed by atoms with Gasteiger partial charge in [-0.2, -0.15) is 0 Å². The second-order valence-corrected chi connectivity index (χ2v) is 10.4. The van der Waals surface area contributed by atoms with Gasteiger partial charge in [0.1, 0.15) is 18.1 Å². The first-order valence-electron chi connectivity index (χ1n) is 13.2. The van der Waals surface area contributed by atoms with Gasteiger partial charge in [0.25, 0.3) is 0 Å². The summed E-state index contributed by atoms with van der Waals surface area (Å²) in [5.41, 5.74) is 4.34. The number of anilines is 2. The highest BCUT2D eigenvalue weighted by molar-refractivity contribution is 5.94. The molecular weight excluding hydrogens is 486 g/mol. The van der Waals surface area contributed by atoms with E-state index >= 15 is 4.39 Å². The van der Waals surface area contributed by atoms with E-state index in [1.165, 1.54) is 18.0 Å². The second kappa shape index (κ2) is 9.87. The lowest BCUT2D eigenvalue weighted by atomic mass is 10.0. The minimum atomic E-state index is -0.587. The summed E-state index contributed by atoms with van der Waals surface area (Å²) in [6.07, 6.45) is 3.54. The van der Waals surface area contributed by atoms with Gasteiger partial charge >= 0.3 is 0 Å². The maximum Gasteiger partial charge on any atom is 0.178 e. The summed E-state index contributed by atoms with van der Waals surface area (Å²) in [5, 5.41) is 1.15. The molecule has 2 aromatic carbocycles. The van der Waals surface area contributed by atoms with Crippen molar-refractivity contribution in [1.29, 1.82) is 0 Å². The van der Waals surface area contributed by atoms with Crippen molar-refractivity contribution in [3.63, 3.8) is 0 Å². The third-order valence-corrected chi connectivity index (χ3v) is 7.58. The number of rotatable bonds is 5. The third-order valence-electron chi connectivity index (χ3n) is 7.58. The van der Waals surface area contributed by atoms with Gasteiger partial charge in [0.2, 0.25) is 0 Å². The molecule has 0 atom stereocenters. The lowest BCUT2D eigenvalue weighted by molar-refractivity contribution is 0.287. The molecule has 1 N–H and O–H groups in total. The van der Waals surface area contributed by atoms with Crippen molar-refractivity contribution < 1.29 is 13.5 Å². The maximum absolute atomic E-state index is 15.1. The van der Waals surface area contributed by atoms with Crippen LogP contribution in [0.4, 0.5) is 20.2 Å². The smallest absolute Gasteiger partial charge is 0.178 e. The molecule has 198 valence electrons. The Hall–Kier alpha value is -3.72. The van der Waals surface area contributed by atoms with Crippen LogP contribution in [-0.2, 0) is 6.42 Å². The van der Waals surface area contributed by atoms with E-state index in [4.69, 9.17) is 4.74 Å². The lowest BCUT2D eigenvalue weighted by Crippen LogP contribution is -2.44. The number of halogens is 2. The van der Waals surface area contributed by atoms with Gasteiger partial charge in [-0.15, -0.1) is 0 Å². The van der Waals surface area contributed by atoms with Gasteiger partial charge < -0.3 is 24.4 Å². The van der Waals surface area contributed by atoms with E-state index in [1.807, 2.05) is 20.0 Å². The number of aromatic nitrogens is 3. The first kappa shape index (κ1) is 24.6. The van der Waals surface area contributed by atoms with Gasteiger partial charge in [0.15, 0.2) is 17.4 Å². The van der Waals surface area contributed by atoms with Crippen molar-refractivity contribution in [2.24, 2.45) is 0 Å². The molecule has 2 aromatic heterocycles. The Labute approximate surface area is 221 Å². The highest BCUT2D eigenvalue weighted by atomic mass is 19.1. The van der Waals surface area contributed by atoms with E-state index in [2.05, 4.69) is 54.9 Å². The zero-order valence-electron chi connectivity index (χ0n) is 22.0. The summed E-state index contributed by atoms with van der Waals surface area (Å²) >= 11 is 0. The van der Waals surface area contributed by atoms with E-state index in [9.17, 15) is 4.39 Å². The molecule has 0 unspecified atom stereocenters. The van der Waals surface area contributed by atoms with E-state index in [0.29, 0.717) is 36.6 Å². The van der Waals surface area contributed by atoms with Crippen LogP contribution in [0, 0.1) is 11.6 Å². The largest absolute Gasteiger partial charge is 0.486 e. The highest BCUT2D eigenvalue weighted by Crippen LogP contribution is 2.39. The maximum atomic E-state index is 15.1. The molecular formula is C29H32F2N6O. The quantitative estimate of drug-likeness (QED) is 0.408. The Morgan fingerprint density at radius 3 is 2.61 bits per heavy atom. The Kier molecular flexibility index (Phi) is 6.39. The van der Waals surface area contributed by atoms with Crippen molar-refractivity contribution in [1.82, 2.24) is 19.9 Å². The van der Waals surface area contributed by atoms with Crippen LogP contribution in [0.5, 0.6) is 5.75 Å². The molecule has 6 rings (SSSR count). The monoisotopic (exact) mass is 518 g/mol. The molecule has 4 heterocycles. The van der Waals surface area contributed by atoms with Crippen molar-refractivity contribution in [3.8, 4) is 17.0 Å². The van der Waals surface area contributed by atoms with Gasteiger partial charge in [-0.1, -0.05) is 6.07 Å². The summed E-state index contributed by atoms with van der Waals surface area (Å²) in [4.78, 5) is 19.0. The Morgan fingerprint density at radius 2 is 1.82 bits per heavy atom. The number of aromatic amines is 1. The van der Waals surface area contributed by atoms with Crippen LogP contribution < -0.4 is 14.5 Å². The predicted octanol–water partition coefficient (Wildman–Crippen LogP) is 4.85. The van der Waals surface area contributed by atoms with Gasteiger partial charge in [-0.05, 0) is 50.7 Å². The van der Waals surface area contributed by atoms with Crippen molar-refractivity contribution >= 4 is 22.3 Å². The average molecular weight is 519 g/mol. The van der Waals surface area contributed by atoms with E-state index < -0.39 is 11.6 Å². The number of benzene rings is 2. The molecule has 1 fully saturated rings. The number of hydrogen-bond donors (Lipinski definition) is 1. The summed E-state index contributed by atoms with van der Waals surface area (Å²) < 4.78 is 35.7. The van der Waals surface area contributed by atoms with Crippen LogP contribution >= 0.6 is 0 Å². The standard InChI is InChI=1S/C29H32F2N6O/c1-18(2)37-12-13-38-29-22(30)14-20(15-25(29)37)28-23(31)17-33-26(34-28)16-19-4-5-24(21-6-7-32-27(19)21)36-10-8-35(3)9-11-36/h4-7,14-15,17-18,32H,8-13,16H2,1-3H3. The minimum absolute atomic E-state index is 0.0859. The topological polar surface area (TPSA) is 60.5 Å². The molecule has 4 aromatic rings. The highest BCUT2D eigenvalue weighted by Gasteiger charge is 2.26. The van der Waals surface area contributed by atoms with Crippen LogP contribution in [-0.4, -0.2) is 72.3 Å². The molecule has 2 aliphatic heterocycles. The fourth-order valence-electron chi connectivity index (χ4n) is 5.51. The fourth-order valence-corrected chi connectivity index (χ4v) is 5.51. The second-order valence-electron chi connectivity index (χ2n) is 10.4. The summed E-state index contributed by atoms with van der Waals surface area (Å²) in [6, 6.07) is 9.56. The van der Waals surface area contributed by atoms with Crippen LogP contribution in [0.2, 0.25) is 0 Å². The summed E-state index contributed by atoms with van der Waals surface area (Å²) in [7, 11) is 2.15. The minimum Gasteiger partial charge on any atom is -0.486 e. The van der Waals surface area contributed by atoms with Crippen molar-refractivity contribution in [3.05, 3.63) is 65.7 Å². The molecule has 1 saturated heterocycles. The number of likely N-dealkylation sites (N-methyl/N-ethyl adjacent to an activating group) is 1. The van der Waals surface area contributed by atoms with Crippen LogP contribution in [0.3, 0.4) is 0 Å². The zero-order chi connectivity index (χ0) is 26.4. The summed E-state index contributed by atoms with van der Waals surface area (Å²) in [6.45, 7) is 9.16. The molecule has 9 heteroatoms. The van der Waals surface area contributed by atoms with Gasteiger partial charge in [0.05, 0.1) is 23.9 Å². The number of piperazine rings is 1. The zero-order valence-corrected chi connectivity index (χ0v) is 22.0. The third kappa shape index (κ3) is 4.45. The van der Waals surface area contributed by atoms with Crippen molar-refractivity contribution in [2.75, 3.05) is 56.2 Å². The number of fused-ring (bicyclic) bond motifs is 2. The number of ether oxygens (including phenoxy) is 1.